The van der Waals surface area contributed by atoms with Crippen molar-refractivity contribution in [2.75, 3.05) is 38.8 Å². The lowest BCUT2D eigenvalue weighted by Gasteiger charge is -2.18. The van der Waals surface area contributed by atoms with E-state index in [2.05, 4.69) is 28.4 Å². The predicted octanol–water partition coefficient (Wildman–Crippen LogP) is 2.42. The van der Waals surface area contributed by atoms with Crippen LogP contribution < -0.4 is 15.0 Å². The summed E-state index contributed by atoms with van der Waals surface area (Å²) in [7, 11) is 4.07. The van der Waals surface area contributed by atoms with Gasteiger partial charge in [-0.1, -0.05) is 6.07 Å². The van der Waals surface area contributed by atoms with Crippen molar-refractivity contribution >= 4 is 5.69 Å². The van der Waals surface area contributed by atoms with E-state index in [-0.39, 0.29) is 0 Å². The van der Waals surface area contributed by atoms with Crippen LogP contribution in [0.15, 0.2) is 18.2 Å². The van der Waals surface area contributed by atoms with Gasteiger partial charge in [-0.25, -0.2) is 0 Å². The summed E-state index contributed by atoms with van der Waals surface area (Å²) in [4.78, 5) is 2.08. The fraction of sp³-hybridized carbons (Fsp3) is 0.625. The summed E-state index contributed by atoms with van der Waals surface area (Å²) in [6.45, 7) is 5.40. The molecule has 0 aliphatic carbocycles. The Bertz CT molecular complexity index is 415. The van der Waals surface area contributed by atoms with E-state index in [1.807, 2.05) is 21.0 Å². The quantitative estimate of drug-likeness (QED) is 0.830. The van der Waals surface area contributed by atoms with Crippen molar-refractivity contribution in [2.45, 2.75) is 32.4 Å². The molecule has 112 valence electrons. The molecule has 0 saturated carbocycles. The summed E-state index contributed by atoms with van der Waals surface area (Å²) < 4.78 is 11.3. The van der Waals surface area contributed by atoms with Gasteiger partial charge in [0, 0.05) is 33.8 Å². The van der Waals surface area contributed by atoms with Gasteiger partial charge in [-0.05, 0) is 37.5 Å². The third kappa shape index (κ3) is 4.12. The second kappa shape index (κ2) is 7.50. The molecule has 1 N–H and O–H groups in total. The maximum atomic E-state index is 5.72. The zero-order valence-corrected chi connectivity index (χ0v) is 12.8. The van der Waals surface area contributed by atoms with E-state index in [0.29, 0.717) is 12.7 Å². The SMILES string of the molecule is CCOc1cc(CNCC2CCCO2)ccc1N(C)C. The highest BCUT2D eigenvalue weighted by molar-refractivity contribution is 5.58. The fourth-order valence-electron chi connectivity index (χ4n) is 2.49. The van der Waals surface area contributed by atoms with Crippen LogP contribution in [0.1, 0.15) is 25.3 Å². The van der Waals surface area contributed by atoms with E-state index >= 15 is 0 Å². The molecule has 1 aliphatic heterocycles. The lowest BCUT2D eigenvalue weighted by Crippen LogP contribution is -2.25. The molecule has 4 nitrogen and oxygen atoms in total. The zero-order chi connectivity index (χ0) is 14.4. The second-order valence-corrected chi connectivity index (χ2v) is 5.40. The Hall–Kier alpha value is -1.26. The minimum atomic E-state index is 0.391. The van der Waals surface area contributed by atoms with Crippen molar-refractivity contribution in [2.24, 2.45) is 0 Å². The summed E-state index contributed by atoms with van der Waals surface area (Å²) in [5.41, 5.74) is 2.37. The molecular weight excluding hydrogens is 252 g/mol. The van der Waals surface area contributed by atoms with Gasteiger partial charge >= 0.3 is 0 Å². The number of anilines is 1. The summed E-state index contributed by atoms with van der Waals surface area (Å²) in [6, 6.07) is 6.40. The monoisotopic (exact) mass is 278 g/mol. The van der Waals surface area contributed by atoms with E-state index in [0.717, 1.165) is 31.1 Å². The van der Waals surface area contributed by atoms with E-state index in [9.17, 15) is 0 Å². The number of benzene rings is 1. The molecule has 0 spiro atoms. The van der Waals surface area contributed by atoms with Crippen molar-refractivity contribution in [1.82, 2.24) is 5.32 Å². The van der Waals surface area contributed by atoms with Crippen LogP contribution in [0.2, 0.25) is 0 Å². The van der Waals surface area contributed by atoms with Crippen LogP contribution in [0, 0.1) is 0 Å². The van der Waals surface area contributed by atoms with E-state index in [4.69, 9.17) is 9.47 Å². The summed E-state index contributed by atoms with van der Waals surface area (Å²) in [5.74, 6) is 0.953. The molecule has 1 fully saturated rings. The van der Waals surface area contributed by atoms with Crippen LogP contribution in [0.4, 0.5) is 5.69 Å². The minimum absolute atomic E-state index is 0.391. The summed E-state index contributed by atoms with van der Waals surface area (Å²) >= 11 is 0. The Morgan fingerprint density at radius 1 is 1.40 bits per heavy atom. The zero-order valence-electron chi connectivity index (χ0n) is 12.8. The number of hydrogen-bond donors (Lipinski definition) is 1. The normalized spacial score (nSPS) is 18.2. The molecule has 0 amide bonds. The topological polar surface area (TPSA) is 33.7 Å². The molecule has 0 bridgehead atoms. The van der Waals surface area contributed by atoms with Gasteiger partial charge in [0.1, 0.15) is 5.75 Å². The highest BCUT2D eigenvalue weighted by atomic mass is 16.5. The van der Waals surface area contributed by atoms with Crippen LogP contribution in [0.25, 0.3) is 0 Å². The van der Waals surface area contributed by atoms with E-state index in [1.54, 1.807) is 0 Å². The van der Waals surface area contributed by atoms with E-state index in [1.165, 1.54) is 18.4 Å². The number of rotatable bonds is 7. The Labute approximate surface area is 122 Å². The smallest absolute Gasteiger partial charge is 0.142 e. The predicted molar refractivity (Wildman–Crippen MR) is 82.6 cm³/mol. The third-order valence-electron chi connectivity index (χ3n) is 3.53. The Kier molecular flexibility index (Phi) is 5.68. The minimum Gasteiger partial charge on any atom is -0.492 e. The number of hydrogen-bond acceptors (Lipinski definition) is 4. The average molecular weight is 278 g/mol. The molecule has 1 aromatic carbocycles. The summed E-state index contributed by atoms with van der Waals surface area (Å²) in [6.07, 6.45) is 2.76. The number of nitrogens with zero attached hydrogens (tertiary/aromatic N) is 1. The molecule has 0 aromatic heterocycles. The van der Waals surface area contributed by atoms with E-state index < -0.39 is 0 Å². The van der Waals surface area contributed by atoms with Gasteiger partial charge in [0.05, 0.1) is 18.4 Å². The fourth-order valence-corrected chi connectivity index (χ4v) is 2.49. The van der Waals surface area contributed by atoms with Crippen LogP contribution >= 0.6 is 0 Å². The van der Waals surface area contributed by atoms with Crippen molar-refractivity contribution < 1.29 is 9.47 Å². The Morgan fingerprint density at radius 3 is 2.90 bits per heavy atom. The van der Waals surface area contributed by atoms with Gasteiger partial charge in [0.15, 0.2) is 0 Å². The summed E-state index contributed by atoms with van der Waals surface area (Å²) in [5, 5.41) is 3.47. The van der Waals surface area contributed by atoms with Gasteiger partial charge in [0.2, 0.25) is 0 Å². The molecule has 1 atom stereocenters. The maximum Gasteiger partial charge on any atom is 0.142 e. The molecular formula is C16H26N2O2. The molecule has 2 rings (SSSR count). The van der Waals surface area contributed by atoms with Crippen molar-refractivity contribution in [3.8, 4) is 5.75 Å². The van der Waals surface area contributed by atoms with Gasteiger partial charge < -0.3 is 19.7 Å². The van der Waals surface area contributed by atoms with Gasteiger partial charge in [-0.2, -0.15) is 0 Å². The van der Waals surface area contributed by atoms with Gasteiger partial charge in [-0.3, -0.25) is 0 Å². The molecule has 4 heteroatoms. The standard InChI is InChI=1S/C16H26N2O2/c1-4-19-16-10-13(7-8-15(16)18(2)3)11-17-12-14-6-5-9-20-14/h7-8,10,14,17H,4-6,9,11-12H2,1-3H3. The molecule has 1 heterocycles. The lowest BCUT2D eigenvalue weighted by molar-refractivity contribution is 0.110. The third-order valence-corrected chi connectivity index (χ3v) is 3.53. The van der Waals surface area contributed by atoms with Gasteiger partial charge in [0.25, 0.3) is 0 Å². The average Bonchev–Trinajstić information content (AvgIpc) is 2.92. The van der Waals surface area contributed by atoms with Crippen LogP contribution in [0.3, 0.4) is 0 Å². The highest BCUT2D eigenvalue weighted by Gasteiger charge is 2.14. The number of nitrogens with one attached hydrogen (secondary N) is 1. The van der Waals surface area contributed by atoms with Crippen molar-refractivity contribution in [3.63, 3.8) is 0 Å². The second-order valence-electron chi connectivity index (χ2n) is 5.40. The van der Waals surface area contributed by atoms with Crippen molar-refractivity contribution in [3.05, 3.63) is 23.8 Å². The van der Waals surface area contributed by atoms with Crippen LogP contribution in [0.5, 0.6) is 5.75 Å². The molecule has 1 aliphatic rings. The first-order chi connectivity index (χ1) is 9.70. The maximum absolute atomic E-state index is 5.72. The molecule has 1 unspecified atom stereocenters. The first kappa shape index (κ1) is 15.1. The highest BCUT2D eigenvalue weighted by Crippen LogP contribution is 2.28. The van der Waals surface area contributed by atoms with Crippen LogP contribution in [-0.4, -0.2) is 40.0 Å². The lowest BCUT2D eigenvalue weighted by atomic mass is 10.1. The largest absolute Gasteiger partial charge is 0.492 e. The van der Waals surface area contributed by atoms with Gasteiger partial charge in [-0.15, -0.1) is 0 Å². The Morgan fingerprint density at radius 2 is 2.25 bits per heavy atom. The molecule has 1 aromatic rings. The molecule has 1 saturated heterocycles. The first-order valence-corrected chi connectivity index (χ1v) is 7.46. The Balaban J connectivity index is 1.91. The number of ether oxygens (including phenoxy) is 2. The molecule has 0 radical (unpaired) electrons. The van der Waals surface area contributed by atoms with Crippen molar-refractivity contribution in [1.29, 1.82) is 0 Å². The first-order valence-electron chi connectivity index (χ1n) is 7.46. The molecule has 20 heavy (non-hydrogen) atoms. The van der Waals surface area contributed by atoms with Crippen LogP contribution in [-0.2, 0) is 11.3 Å².